The van der Waals surface area contributed by atoms with Crippen LogP contribution in [0.1, 0.15) is 12.0 Å². The number of thiophene rings is 1. The molecule has 0 saturated carbocycles. The van der Waals surface area contributed by atoms with Gasteiger partial charge in [0, 0.05) is 31.5 Å². The van der Waals surface area contributed by atoms with Crippen molar-refractivity contribution in [1.29, 1.82) is 0 Å². The van der Waals surface area contributed by atoms with Gasteiger partial charge in [0.05, 0.1) is 12.1 Å². The van der Waals surface area contributed by atoms with E-state index in [9.17, 15) is 4.79 Å². The van der Waals surface area contributed by atoms with Crippen molar-refractivity contribution in [3.8, 4) is 0 Å². The van der Waals surface area contributed by atoms with Crippen LogP contribution >= 0.6 is 11.3 Å². The Morgan fingerprint density at radius 2 is 2.45 bits per heavy atom. The molecule has 2 aromatic rings. The molecule has 104 valence electrons. The number of anilines is 1. The van der Waals surface area contributed by atoms with E-state index < -0.39 is 0 Å². The van der Waals surface area contributed by atoms with Gasteiger partial charge in [-0.2, -0.15) is 11.3 Å². The third kappa shape index (κ3) is 3.17. The van der Waals surface area contributed by atoms with E-state index in [1.54, 1.807) is 17.5 Å². The molecule has 0 radical (unpaired) electrons. The maximum absolute atomic E-state index is 12.2. The second-order valence-electron chi connectivity index (χ2n) is 5.02. The molecule has 0 unspecified atom stereocenters. The second kappa shape index (κ2) is 6.05. The number of rotatable bonds is 4. The van der Waals surface area contributed by atoms with Gasteiger partial charge in [0.25, 0.3) is 0 Å². The fourth-order valence-electron chi connectivity index (χ4n) is 2.47. The summed E-state index contributed by atoms with van der Waals surface area (Å²) >= 11 is 1.64. The molecule has 3 heterocycles. The van der Waals surface area contributed by atoms with Crippen LogP contribution in [0.2, 0.25) is 0 Å². The van der Waals surface area contributed by atoms with E-state index in [0.29, 0.717) is 12.5 Å². The van der Waals surface area contributed by atoms with Gasteiger partial charge in [-0.05, 0) is 40.9 Å². The van der Waals surface area contributed by atoms with Gasteiger partial charge in [-0.15, -0.1) is 0 Å². The Bertz CT molecular complexity index is 556. The number of hydrogen-bond donors (Lipinski definition) is 1. The Morgan fingerprint density at radius 1 is 1.50 bits per heavy atom. The monoisotopic (exact) mass is 287 g/mol. The van der Waals surface area contributed by atoms with Crippen molar-refractivity contribution >= 4 is 22.9 Å². The minimum Gasteiger partial charge on any atom is -0.379 e. The van der Waals surface area contributed by atoms with E-state index in [1.807, 2.05) is 40.1 Å². The third-order valence-corrected chi connectivity index (χ3v) is 4.24. The van der Waals surface area contributed by atoms with Crippen molar-refractivity contribution in [3.05, 3.63) is 46.9 Å². The van der Waals surface area contributed by atoms with Crippen LogP contribution in [-0.4, -0.2) is 34.9 Å². The van der Waals surface area contributed by atoms with E-state index in [0.717, 1.165) is 30.8 Å². The number of pyridine rings is 1. The summed E-state index contributed by atoms with van der Waals surface area (Å²) < 4.78 is 0. The standard InChI is InChI=1S/C15H17N3OS/c19-15(8-12-4-7-20-11-12)18-6-3-14(10-18)17-13-2-1-5-16-9-13/h1-2,4-5,7,9,11,14,17H,3,6,8,10H2/t14-/m0/s1. The molecule has 1 aliphatic heterocycles. The van der Waals surface area contributed by atoms with Gasteiger partial charge in [0.1, 0.15) is 0 Å². The van der Waals surface area contributed by atoms with E-state index in [1.165, 1.54) is 0 Å². The molecule has 1 atom stereocenters. The third-order valence-electron chi connectivity index (χ3n) is 3.51. The quantitative estimate of drug-likeness (QED) is 0.939. The number of carbonyl (C=O) groups is 1. The van der Waals surface area contributed by atoms with Crippen molar-refractivity contribution < 1.29 is 4.79 Å². The molecule has 0 spiro atoms. The molecule has 5 heteroatoms. The van der Waals surface area contributed by atoms with Crippen LogP contribution in [0.25, 0.3) is 0 Å². The average molecular weight is 287 g/mol. The molecule has 1 amide bonds. The van der Waals surface area contributed by atoms with E-state index in [4.69, 9.17) is 0 Å². The summed E-state index contributed by atoms with van der Waals surface area (Å²) in [6.07, 6.45) is 5.08. The molecule has 4 nitrogen and oxygen atoms in total. The molecule has 20 heavy (non-hydrogen) atoms. The first kappa shape index (κ1) is 13.1. The first-order valence-corrected chi connectivity index (χ1v) is 7.71. The smallest absolute Gasteiger partial charge is 0.227 e. The molecular formula is C15H17N3OS. The van der Waals surface area contributed by atoms with Gasteiger partial charge >= 0.3 is 0 Å². The normalized spacial score (nSPS) is 18.2. The minimum atomic E-state index is 0.221. The minimum absolute atomic E-state index is 0.221. The zero-order valence-corrected chi connectivity index (χ0v) is 12.0. The van der Waals surface area contributed by atoms with E-state index in [2.05, 4.69) is 10.3 Å². The lowest BCUT2D eigenvalue weighted by atomic mass is 10.2. The van der Waals surface area contributed by atoms with Crippen molar-refractivity contribution in [3.63, 3.8) is 0 Å². The van der Waals surface area contributed by atoms with Gasteiger partial charge in [-0.1, -0.05) is 0 Å². The molecule has 0 aromatic carbocycles. The highest BCUT2D eigenvalue weighted by molar-refractivity contribution is 7.07. The molecule has 3 rings (SSSR count). The predicted molar refractivity (Wildman–Crippen MR) is 80.9 cm³/mol. The largest absolute Gasteiger partial charge is 0.379 e. The van der Waals surface area contributed by atoms with Crippen LogP contribution in [0.4, 0.5) is 5.69 Å². The van der Waals surface area contributed by atoms with E-state index >= 15 is 0 Å². The lowest BCUT2D eigenvalue weighted by Crippen LogP contribution is -2.32. The summed E-state index contributed by atoms with van der Waals surface area (Å²) in [4.78, 5) is 18.2. The number of carbonyl (C=O) groups excluding carboxylic acids is 1. The van der Waals surface area contributed by atoms with Crippen molar-refractivity contribution in [2.24, 2.45) is 0 Å². The number of amides is 1. The second-order valence-corrected chi connectivity index (χ2v) is 5.80. The molecule has 0 bridgehead atoms. The zero-order chi connectivity index (χ0) is 13.8. The molecule has 1 aliphatic rings. The summed E-state index contributed by atoms with van der Waals surface area (Å²) in [6.45, 7) is 1.61. The summed E-state index contributed by atoms with van der Waals surface area (Å²) in [6, 6.07) is 6.26. The number of nitrogens with zero attached hydrogens (tertiary/aromatic N) is 2. The Balaban J connectivity index is 1.53. The highest BCUT2D eigenvalue weighted by Gasteiger charge is 2.26. The van der Waals surface area contributed by atoms with Gasteiger partial charge in [-0.3, -0.25) is 9.78 Å². The van der Waals surface area contributed by atoms with Gasteiger partial charge < -0.3 is 10.2 Å². The summed E-state index contributed by atoms with van der Waals surface area (Å²) in [5, 5.41) is 7.48. The number of likely N-dealkylation sites (tertiary alicyclic amines) is 1. The molecule has 1 fully saturated rings. The fourth-order valence-corrected chi connectivity index (χ4v) is 3.14. The Kier molecular flexibility index (Phi) is 3.97. The Hall–Kier alpha value is -1.88. The predicted octanol–water partition coefficient (Wildman–Crippen LogP) is 2.40. The number of aromatic nitrogens is 1. The maximum Gasteiger partial charge on any atom is 0.227 e. The van der Waals surface area contributed by atoms with Crippen LogP contribution in [0.15, 0.2) is 41.4 Å². The fraction of sp³-hybridized carbons (Fsp3) is 0.333. The Labute approximate surface area is 122 Å². The highest BCUT2D eigenvalue weighted by atomic mass is 32.1. The molecule has 0 aliphatic carbocycles. The van der Waals surface area contributed by atoms with Crippen molar-refractivity contribution in [1.82, 2.24) is 9.88 Å². The van der Waals surface area contributed by atoms with Crippen molar-refractivity contribution in [2.45, 2.75) is 18.9 Å². The first-order valence-electron chi connectivity index (χ1n) is 6.76. The van der Waals surface area contributed by atoms with Crippen LogP contribution in [0, 0.1) is 0 Å². The molecule has 2 aromatic heterocycles. The lowest BCUT2D eigenvalue weighted by Gasteiger charge is -2.17. The van der Waals surface area contributed by atoms with Gasteiger partial charge in [0.15, 0.2) is 0 Å². The van der Waals surface area contributed by atoms with E-state index in [-0.39, 0.29) is 5.91 Å². The Morgan fingerprint density at radius 3 is 3.20 bits per heavy atom. The summed E-state index contributed by atoms with van der Waals surface area (Å²) in [5.74, 6) is 0.221. The van der Waals surface area contributed by atoms with Crippen LogP contribution < -0.4 is 5.32 Å². The van der Waals surface area contributed by atoms with Crippen LogP contribution in [0.5, 0.6) is 0 Å². The van der Waals surface area contributed by atoms with Crippen LogP contribution in [-0.2, 0) is 11.2 Å². The number of nitrogens with one attached hydrogen (secondary N) is 1. The SMILES string of the molecule is O=C(Cc1ccsc1)N1CC[C@H](Nc2cccnc2)C1. The highest BCUT2D eigenvalue weighted by Crippen LogP contribution is 2.17. The maximum atomic E-state index is 12.2. The molecule has 1 saturated heterocycles. The molecular weight excluding hydrogens is 270 g/mol. The average Bonchev–Trinajstić information content (AvgIpc) is 3.11. The number of hydrogen-bond acceptors (Lipinski definition) is 4. The summed E-state index contributed by atoms with van der Waals surface area (Å²) in [7, 11) is 0. The van der Waals surface area contributed by atoms with Gasteiger partial charge in [0.2, 0.25) is 5.91 Å². The summed E-state index contributed by atoms with van der Waals surface area (Å²) in [5.41, 5.74) is 2.13. The molecule has 1 N–H and O–H groups in total. The van der Waals surface area contributed by atoms with Gasteiger partial charge in [-0.25, -0.2) is 0 Å². The van der Waals surface area contributed by atoms with Crippen molar-refractivity contribution in [2.75, 3.05) is 18.4 Å². The first-order chi connectivity index (χ1) is 9.81. The van der Waals surface area contributed by atoms with Crippen LogP contribution in [0.3, 0.4) is 0 Å². The zero-order valence-electron chi connectivity index (χ0n) is 11.2. The topological polar surface area (TPSA) is 45.2 Å². The lowest BCUT2D eigenvalue weighted by molar-refractivity contribution is -0.129.